The first kappa shape index (κ1) is 11.7. The maximum Gasteiger partial charge on any atom is 0.271 e. The SMILES string of the molecule is CCC(C)(CN)NC(=O)c1cn(C)cn1. The molecule has 84 valence electrons. The number of hydrogen-bond acceptors (Lipinski definition) is 3. The fourth-order valence-electron chi connectivity index (χ4n) is 1.15. The molecule has 1 atom stereocenters. The van der Waals surface area contributed by atoms with E-state index in [1.165, 1.54) is 0 Å². The predicted octanol–water partition coefficient (Wildman–Crippen LogP) is 0.277. The number of aryl methyl sites for hydroxylation is 1. The Morgan fingerprint density at radius 2 is 2.40 bits per heavy atom. The lowest BCUT2D eigenvalue weighted by Gasteiger charge is -2.27. The summed E-state index contributed by atoms with van der Waals surface area (Å²) in [6.45, 7) is 4.33. The summed E-state index contributed by atoms with van der Waals surface area (Å²) in [6.07, 6.45) is 4.07. The molecule has 1 amide bonds. The molecule has 0 saturated heterocycles. The molecule has 0 spiro atoms. The number of aromatic nitrogens is 2. The van der Waals surface area contributed by atoms with Crippen molar-refractivity contribution in [3.05, 3.63) is 18.2 Å². The van der Waals surface area contributed by atoms with Crippen LogP contribution in [0.3, 0.4) is 0 Å². The van der Waals surface area contributed by atoms with Gasteiger partial charge in [-0.25, -0.2) is 4.98 Å². The van der Waals surface area contributed by atoms with Gasteiger partial charge >= 0.3 is 0 Å². The van der Waals surface area contributed by atoms with Gasteiger partial charge < -0.3 is 15.6 Å². The van der Waals surface area contributed by atoms with Crippen LogP contribution >= 0.6 is 0 Å². The highest BCUT2D eigenvalue weighted by molar-refractivity contribution is 5.92. The minimum absolute atomic E-state index is 0.176. The van der Waals surface area contributed by atoms with Crippen molar-refractivity contribution < 1.29 is 4.79 Å². The van der Waals surface area contributed by atoms with Crippen molar-refractivity contribution in [1.29, 1.82) is 0 Å². The normalized spacial score (nSPS) is 14.7. The van der Waals surface area contributed by atoms with Crippen LogP contribution in [0.1, 0.15) is 30.8 Å². The average molecular weight is 210 g/mol. The molecular formula is C10H18N4O. The number of rotatable bonds is 4. The van der Waals surface area contributed by atoms with E-state index in [0.717, 1.165) is 6.42 Å². The monoisotopic (exact) mass is 210 g/mol. The molecule has 5 heteroatoms. The zero-order valence-corrected chi connectivity index (χ0v) is 9.45. The van der Waals surface area contributed by atoms with Crippen molar-refractivity contribution in [3.8, 4) is 0 Å². The van der Waals surface area contributed by atoms with Crippen LogP contribution in [0.25, 0.3) is 0 Å². The molecule has 1 rings (SSSR count). The molecule has 3 N–H and O–H groups in total. The lowest BCUT2D eigenvalue weighted by atomic mass is 9.99. The fraction of sp³-hybridized carbons (Fsp3) is 0.600. The van der Waals surface area contributed by atoms with E-state index >= 15 is 0 Å². The van der Waals surface area contributed by atoms with Crippen LogP contribution in [-0.2, 0) is 7.05 Å². The summed E-state index contributed by atoms with van der Waals surface area (Å²) in [5.41, 5.74) is 5.68. The van der Waals surface area contributed by atoms with Gasteiger partial charge in [-0.2, -0.15) is 0 Å². The highest BCUT2D eigenvalue weighted by Gasteiger charge is 2.23. The first-order valence-corrected chi connectivity index (χ1v) is 5.01. The molecule has 0 saturated carbocycles. The molecule has 0 aliphatic rings. The predicted molar refractivity (Wildman–Crippen MR) is 58.4 cm³/mol. The van der Waals surface area contributed by atoms with Gasteiger partial charge in [0.05, 0.1) is 6.33 Å². The lowest BCUT2D eigenvalue weighted by Crippen LogP contribution is -2.50. The summed E-state index contributed by atoms with van der Waals surface area (Å²) in [5.74, 6) is -0.176. The van der Waals surface area contributed by atoms with E-state index in [2.05, 4.69) is 10.3 Å². The van der Waals surface area contributed by atoms with Crippen LogP contribution in [0.4, 0.5) is 0 Å². The van der Waals surface area contributed by atoms with Gasteiger partial charge in [-0.05, 0) is 13.3 Å². The average Bonchev–Trinajstić information content (AvgIpc) is 2.65. The molecule has 1 unspecified atom stereocenters. The molecule has 0 bridgehead atoms. The van der Waals surface area contributed by atoms with Crippen molar-refractivity contribution in [3.63, 3.8) is 0 Å². The van der Waals surface area contributed by atoms with Gasteiger partial charge in [-0.1, -0.05) is 6.92 Å². The van der Waals surface area contributed by atoms with E-state index in [1.807, 2.05) is 20.9 Å². The summed E-state index contributed by atoms with van der Waals surface area (Å²) >= 11 is 0. The fourth-order valence-corrected chi connectivity index (χ4v) is 1.15. The molecule has 0 aromatic carbocycles. The molecule has 1 heterocycles. The minimum atomic E-state index is -0.353. The maximum atomic E-state index is 11.7. The number of carbonyl (C=O) groups is 1. The Hall–Kier alpha value is -1.36. The molecular weight excluding hydrogens is 192 g/mol. The number of hydrogen-bond donors (Lipinski definition) is 2. The molecule has 1 aromatic rings. The van der Waals surface area contributed by atoms with E-state index in [0.29, 0.717) is 12.2 Å². The number of nitrogens with two attached hydrogens (primary N) is 1. The molecule has 0 fully saturated rings. The molecule has 0 aliphatic heterocycles. The van der Waals surface area contributed by atoms with Crippen molar-refractivity contribution in [2.45, 2.75) is 25.8 Å². The van der Waals surface area contributed by atoms with Crippen LogP contribution in [0.5, 0.6) is 0 Å². The molecule has 5 nitrogen and oxygen atoms in total. The van der Waals surface area contributed by atoms with Gasteiger partial charge in [0.2, 0.25) is 0 Å². The first-order chi connectivity index (χ1) is 7.00. The zero-order chi connectivity index (χ0) is 11.5. The van der Waals surface area contributed by atoms with E-state index in [-0.39, 0.29) is 11.4 Å². The topological polar surface area (TPSA) is 72.9 Å². The number of amides is 1. The summed E-state index contributed by atoms with van der Waals surface area (Å²) in [4.78, 5) is 15.7. The Balaban J connectivity index is 2.71. The Kier molecular flexibility index (Phi) is 3.47. The van der Waals surface area contributed by atoms with Gasteiger partial charge in [0.25, 0.3) is 5.91 Å². The standard InChI is InChI=1S/C10H18N4O/c1-4-10(2,6-11)13-9(15)8-5-14(3)7-12-8/h5,7H,4,6,11H2,1-3H3,(H,13,15). The van der Waals surface area contributed by atoms with E-state index in [1.54, 1.807) is 17.1 Å². The second-order valence-electron chi connectivity index (χ2n) is 4.00. The highest BCUT2D eigenvalue weighted by atomic mass is 16.2. The highest BCUT2D eigenvalue weighted by Crippen LogP contribution is 2.07. The van der Waals surface area contributed by atoms with E-state index < -0.39 is 0 Å². The van der Waals surface area contributed by atoms with Crippen LogP contribution < -0.4 is 11.1 Å². The first-order valence-electron chi connectivity index (χ1n) is 5.01. The quantitative estimate of drug-likeness (QED) is 0.749. The van der Waals surface area contributed by atoms with Crippen molar-refractivity contribution in [1.82, 2.24) is 14.9 Å². The largest absolute Gasteiger partial charge is 0.344 e. The van der Waals surface area contributed by atoms with Crippen LogP contribution in [0.15, 0.2) is 12.5 Å². The van der Waals surface area contributed by atoms with E-state index in [4.69, 9.17) is 5.73 Å². The van der Waals surface area contributed by atoms with Gasteiger partial charge in [0.1, 0.15) is 5.69 Å². The third-order valence-corrected chi connectivity index (χ3v) is 2.58. The third-order valence-electron chi connectivity index (χ3n) is 2.58. The Bertz CT molecular complexity index is 341. The second-order valence-corrected chi connectivity index (χ2v) is 4.00. The smallest absolute Gasteiger partial charge is 0.271 e. The van der Waals surface area contributed by atoms with Crippen molar-refractivity contribution in [2.24, 2.45) is 12.8 Å². The molecule has 0 radical (unpaired) electrons. The Morgan fingerprint density at radius 3 is 2.80 bits per heavy atom. The number of nitrogens with one attached hydrogen (secondary N) is 1. The van der Waals surface area contributed by atoms with Crippen molar-refractivity contribution in [2.75, 3.05) is 6.54 Å². The van der Waals surface area contributed by atoms with Crippen LogP contribution in [-0.4, -0.2) is 27.5 Å². The van der Waals surface area contributed by atoms with Gasteiger partial charge in [0, 0.05) is 25.3 Å². The maximum absolute atomic E-state index is 11.7. The summed E-state index contributed by atoms with van der Waals surface area (Å²) in [6, 6.07) is 0. The van der Waals surface area contributed by atoms with Gasteiger partial charge in [-0.15, -0.1) is 0 Å². The van der Waals surface area contributed by atoms with Gasteiger partial charge in [0.15, 0.2) is 0 Å². The minimum Gasteiger partial charge on any atom is -0.344 e. The van der Waals surface area contributed by atoms with Crippen LogP contribution in [0.2, 0.25) is 0 Å². The van der Waals surface area contributed by atoms with Gasteiger partial charge in [-0.3, -0.25) is 4.79 Å². The lowest BCUT2D eigenvalue weighted by molar-refractivity contribution is 0.0902. The number of imidazole rings is 1. The third kappa shape index (κ3) is 2.79. The summed E-state index contributed by atoms with van der Waals surface area (Å²) < 4.78 is 1.74. The van der Waals surface area contributed by atoms with E-state index in [9.17, 15) is 4.79 Å². The Morgan fingerprint density at radius 1 is 1.73 bits per heavy atom. The summed E-state index contributed by atoms with van der Waals surface area (Å²) in [5, 5.41) is 2.88. The summed E-state index contributed by atoms with van der Waals surface area (Å²) in [7, 11) is 1.83. The van der Waals surface area contributed by atoms with Crippen LogP contribution in [0, 0.1) is 0 Å². The Labute approximate surface area is 89.7 Å². The van der Waals surface area contributed by atoms with Crippen molar-refractivity contribution >= 4 is 5.91 Å². The molecule has 0 aliphatic carbocycles. The second kappa shape index (κ2) is 4.44. The zero-order valence-electron chi connectivity index (χ0n) is 9.45. The number of nitrogens with zero attached hydrogens (tertiary/aromatic N) is 2. The number of carbonyl (C=O) groups excluding carboxylic acids is 1. The molecule has 15 heavy (non-hydrogen) atoms. The molecule has 1 aromatic heterocycles.